The first-order valence-corrected chi connectivity index (χ1v) is 10.2. The second-order valence-corrected chi connectivity index (χ2v) is 7.60. The Kier molecular flexibility index (Phi) is 5.80. The van der Waals surface area contributed by atoms with E-state index in [1.165, 1.54) is 5.56 Å². The highest BCUT2D eigenvalue weighted by Gasteiger charge is 2.12. The molecular weight excluding hydrogens is 386 g/mol. The maximum Gasteiger partial charge on any atom is 0.254 e. The van der Waals surface area contributed by atoms with Crippen molar-refractivity contribution >= 4 is 11.7 Å². The highest BCUT2D eigenvalue weighted by atomic mass is 16.1. The second-order valence-electron chi connectivity index (χ2n) is 7.60. The van der Waals surface area contributed by atoms with Gasteiger partial charge in [0.15, 0.2) is 0 Å². The van der Waals surface area contributed by atoms with Gasteiger partial charge < -0.3 is 11.1 Å². The zero-order valence-corrected chi connectivity index (χ0v) is 17.7. The number of hydrogen-bond acceptors (Lipinski definition) is 4. The number of aromatic nitrogens is 3. The smallest absolute Gasteiger partial charge is 0.254 e. The summed E-state index contributed by atoms with van der Waals surface area (Å²) >= 11 is 0. The summed E-state index contributed by atoms with van der Waals surface area (Å²) in [4.78, 5) is 16.9. The first kappa shape index (κ1) is 20.3. The molecule has 0 aliphatic heterocycles. The van der Waals surface area contributed by atoms with Gasteiger partial charge >= 0.3 is 0 Å². The van der Waals surface area contributed by atoms with Crippen LogP contribution in [-0.4, -0.2) is 20.7 Å². The van der Waals surface area contributed by atoms with Crippen LogP contribution in [0.25, 0.3) is 11.1 Å². The lowest BCUT2D eigenvalue weighted by atomic mass is 10.0. The van der Waals surface area contributed by atoms with E-state index in [1.807, 2.05) is 44.2 Å². The molecule has 2 aromatic heterocycles. The monoisotopic (exact) mass is 411 g/mol. The largest absolute Gasteiger partial charge is 0.384 e. The molecule has 0 aliphatic rings. The van der Waals surface area contributed by atoms with E-state index in [1.54, 1.807) is 17.1 Å². The molecule has 0 saturated heterocycles. The van der Waals surface area contributed by atoms with Crippen LogP contribution in [-0.2, 0) is 13.1 Å². The van der Waals surface area contributed by atoms with Gasteiger partial charge in [-0.3, -0.25) is 9.48 Å². The minimum Gasteiger partial charge on any atom is -0.384 e. The van der Waals surface area contributed by atoms with Crippen LogP contribution in [0.4, 0.5) is 5.82 Å². The highest BCUT2D eigenvalue weighted by molar-refractivity contribution is 5.93. The standard InChI is InChI=1S/C25H25N5O/c1-17-11-24(26)29-18(2)23(17)14-27-25(31)22-13-28-30(16-22)15-19-7-6-10-21(12-19)20-8-4-3-5-9-20/h3-13,16H,14-15H2,1-2H3,(H2,26,29)(H,27,31). The number of nitrogen functional groups attached to an aromatic ring is 1. The molecule has 0 saturated carbocycles. The molecule has 0 spiro atoms. The summed E-state index contributed by atoms with van der Waals surface area (Å²) in [6, 6.07) is 20.4. The second kappa shape index (κ2) is 8.83. The Balaban J connectivity index is 1.42. The van der Waals surface area contributed by atoms with Crippen molar-refractivity contribution in [1.29, 1.82) is 0 Å². The molecule has 3 N–H and O–H groups in total. The number of hydrogen-bond donors (Lipinski definition) is 2. The minimum absolute atomic E-state index is 0.167. The molecule has 4 aromatic rings. The molecule has 0 fully saturated rings. The zero-order valence-electron chi connectivity index (χ0n) is 17.7. The number of benzene rings is 2. The Bertz CT molecular complexity index is 1190. The van der Waals surface area contributed by atoms with Gasteiger partial charge in [0.25, 0.3) is 5.91 Å². The van der Waals surface area contributed by atoms with Gasteiger partial charge in [-0.25, -0.2) is 4.98 Å². The number of nitrogens with one attached hydrogen (secondary N) is 1. The van der Waals surface area contributed by atoms with Gasteiger partial charge in [0.2, 0.25) is 0 Å². The fourth-order valence-corrected chi connectivity index (χ4v) is 3.66. The molecule has 31 heavy (non-hydrogen) atoms. The molecule has 6 nitrogen and oxygen atoms in total. The van der Waals surface area contributed by atoms with Crippen molar-refractivity contribution in [3.63, 3.8) is 0 Å². The van der Waals surface area contributed by atoms with Crippen LogP contribution in [0.1, 0.15) is 32.7 Å². The first-order chi connectivity index (χ1) is 15.0. The quantitative estimate of drug-likeness (QED) is 0.500. The number of aryl methyl sites for hydroxylation is 2. The Labute approximate surface area is 181 Å². The maximum atomic E-state index is 12.6. The Morgan fingerprint density at radius 3 is 2.58 bits per heavy atom. The van der Waals surface area contributed by atoms with Crippen molar-refractivity contribution in [2.45, 2.75) is 26.9 Å². The molecule has 2 heterocycles. The number of pyridine rings is 1. The average molecular weight is 412 g/mol. The van der Waals surface area contributed by atoms with Crippen molar-refractivity contribution in [2.75, 3.05) is 5.73 Å². The third kappa shape index (κ3) is 4.80. The molecule has 2 aromatic carbocycles. The molecule has 0 aliphatic carbocycles. The van der Waals surface area contributed by atoms with Crippen molar-refractivity contribution < 1.29 is 4.79 Å². The third-order valence-corrected chi connectivity index (χ3v) is 5.27. The number of anilines is 1. The van der Waals surface area contributed by atoms with Gasteiger partial charge in [0.1, 0.15) is 5.82 Å². The van der Waals surface area contributed by atoms with Gasteiger partial charge in [-0.2, -0.15) is 5.10 Å². The van der Waals surface area contributed by atoms with Gasteiger partial charge in [-0.1, -0.05) is 48.5 Å². The van der Waals surface area contributed by atoms with E-state index in [9.17, 15) is 4.79 Å². The van der Waals surface area contributed by atoms with Crippen LogP contribution >= 0.6 is 0 Å². The van der Waals surface area contributed by atoms with E-state index in [4.69, 9.17) is 5.73 Å². The SMILES string of the molecule is Cc1cc(N)nc(C)c1CNC(=O)c1cnn(Cc2cccc(-c3ccccc3)c2)c1. The normalized spacial score (nSPS) is 10.8. The van der Waals surface area contributed by atoms with E-state index in [0.29, 0.717) is 24.5 Å². The van der Waals surface area contributed by atoms with E-state index >= 15 is 0 Å². The van der Waals surface area contributed by atoms with Crippen LogP contribution in [0, 0.1) is 13.8 Å². The molecule has 0 atom stereocenters. The summed E-state index contributed by atoms with van der Waals surface area (Å²) < 4.78 is 1.78. The zero-order chi connectivity index (χ0) is 21.8. The topological polar surface area (TPSA) is 85.8 Å². The van der Waals surface area contributed by atoms with Crippen LogP contribution in [0.5, 0.6) is 0 Å². The molecular formula is C25H25N5O. The van der Waals surface area contributed by atoms with E-state index in [-0.39, 0.29) is 5.91 Å². The molecule has 0 radical (unpaired) electrons. The summed E-state index contributed by atoms with van der Waals surface area (Å²) in [5.74, 6) is 0.322. The molecule has 4 rings (SSSR count). The number of carbonyl (C=O) groups is 1. The molecule has 0 unspecified atom stereocenters. The summed E-state index contributed by atoms with van der Waals surface area (Å²) in [7, 11) is 0. The lowest BCUT2D eigenvalue weighted by molar-refractivity contribution is 0.0950. The lowest BCUT2D eigenvalue weighted by Crippen LogP contribution is -2.23. The van der Waals surface area contributed by atoms with E-state index in [0.717, 1.165) is 27.9 Å². The highest BCUT2D eigenvalue weighted by Crippen LogP contribution is 2.20. The molecule has 1 amide bonds. The Morgan fingerprint density at radius 1 is 1.03 bits per heavy atom. The van der Waals surface area contributed by atoms with Crippen molar-refractivity contribution in [2.24, 2.45) is 0 Å². The van der Waals surface area contributed by atoms with E-state index < -0.39 is 0 Å². The lowest BCUT2D eigenvalue weighted by Gasteiger charge is -2.11. The van der Waals surface area contributed by atoms with Crippen LogP contribution in [0.2, 0.25) is 0 Å². The first-order valence-electron chi connectivity index (χ1n) is 10.2. The van der Waals surface area contributed by atoms with Gasteiger partial charge in [-0.15, -0.1) is 0 Å². The molecule has 156 valence electrons. The molecule has 6 heteroatoms. The van der Waals surface area contributed by atoms with E-state index in [2.05, 4.69) is 45.7 Å². The van der Waals surface area contributed by atoms with Crippen molar-refractivity contribution in [3.05, 3.63) is 101 Å². The summed E-state index contributed by atoms with van der Waals surface area (Å²) in [6.45, 7) is 4.85. The predicted octanol–water partition coefficient (Wildman–Crippen LogP) is 4.12. The number of nitrogens with zero attached hydrogens (tertiary/aromatic N) is 3. The Hall–Kier alpha value is -3.93. The number of nitrogens with two attached hydrogens (primary N) is 1. The van der Waals surface area contributed by atoms with Crippen LogP contribution in [0.3, 0.4) is 0 Å². The van der Waals surface area contributed by atoms with Crippen molar-refractivity contribution in [3.8, 4) is 11.1 Å². The van der Waals surface area contributed by atoms with Gasteiger partial charge in [0.05, 0.1) is 18.3 Å². The van der Waals surface area contributed by atoms with Gasteiger partial charge in [0, 0.05) is 18.4 Å². The van der Waals surface area contributed by atoms with Crippen molar-refractivity contribution in [1.82, 2.24) is 20.1 Å². The summed E-state index contributed by atoms with van der Waals surface area (Å²) in [6.07, 6.45) is 3.36. The fourth-order valence-electron chi connectivity index (χ4n) is 3.66. The maximum absolute atomic E-state index is 12.6. The minimum atomic E-state index is -0.167. The van der Waals surface area contributed by atoms with Crippen LogP contribution in [0.15, 0.2) is 73.1 Å². The summed E-state index contributed by atoms with van der Waals surface area (Å²) in [5.41, 5.74) is 12.6. The van der Waals surface area contributed by atoms with Crippen LogP contribution < -0.4 is 11.1 Å². The number of amides is 1. The number of carbonyl (C=O) groups excluding carboxylic acids is 1. The number of rotatable bonds is 6. The molecule has 0 bridgehead atoms. The fraction of sp³-hybridized carbons (Fsp3) is 0.160. The Morgan fingerprint density at radius 2 is 1.81 bits per heavy atom. The third-order valence-electron chi connectivity index (χ3n) is 5.27. The predicted molar refractivity (Wildman–Crippen MR) is 123 cm³/mol. The van der Waals surface area contributed by atoms with Gasteiger partial charge in [-0.05, 0) is 53.8 Å². The summed E-state index contributed by atoms with van der Waals surface area (Å²) in [5, 5.41) is 7.31. The average Bonchev–Trinajstić information content (AvgIpc) is 3.22.